The first kappa shape index (κ1) is 17.2. The molecule has 7 heteroatoms. The molecule has 0 fully saturated rings. The van der Waals surface area contributed by atoms with Crippen molar-refractivity contribution in [3.05, 3.63) is 42.5 Å². The van der Waals surface area contributed by atoms with E-state index >= 15 is 0 Å². The largest absolute Gasteiger partial charge is 0.497 e. The molecule has 0 aliphatic heterocycles. The predicted octanol–water partition coefficient (Wildman–Crippen LogP) is 3.29. The van der Waals surface area contributed by atoms with Crippen LogP contribution in [-0.4, -0.2) is 26.4 Å². The van der Waals surface area contributed by atoms with Gasteiger partial charge in [0.25, 0.3) is 0 Å². The number of hydrogen-bond donors (Lipinski definition) is 2. The van der Waals surface area contributed by atoms with E-state index in [0.717, 1.165) is 40.7 Å². The quantitative estimate of drug-likeness (QED) is 0.732. The fourth-order valence-electron chi connectivity index (χ4n) is 3.07. The summed E-state index contributed by atoms with van der Waals surface area (Å²) in [5.41, 5.74) is 10.3. The Balaban J connectivity index is 2.21. The molecule has 0 aliphatic rings. The second kappa shape index (κ2) is 6.33. The van der Waals surface area contributed by atoms with Crippen LogP contribution >= 0.6 is 0 Å². The van der Waals surface area contributed by atoms with Crippen LogP contribution in [0.25, 0.3) is 22.2 Å². The number of aryl methyl sites for hydroxylation is 1. The zero-order chi connectivity index (χ0) is 18.2. The van der Waals surface area contributed by atoms with Gasteiger partial charge in [-0.05, 0) is 37.3 Å². The number of rotatable bonds is 5. The van der Waals surface area contributed by atoms with E-state index in [2.05, 4.69) is 9.29 Å². The zero-order valence-electron chi connectivity index (χ0n) is 14.4. The van der Waals surface area contributed by atoms with Gasteiger partial charge in [0.2, 0.25) is 10.0 Å². The summed E-state index contributed by atoms with van der Waals surface area (Å²) in [6, 6.07) is 13.0. The Morgan fingerprint density at radius 1 is 1.20 bits per heavy atom. The molecule has 132 valence electrons. The third kappa shape index (κ3) is 3.28. The molecule has 6 nitrogen and oxygen atoms in total. The van der Waals surface area contributed by atoms with Gasteiger partial charge < -0.3 is 15.0 Å². The van der Waals surface area contributed by atoms with E-state index in [0.29, 0.717) is 11.4 Å². The second-order valence-corrected chi connectivity index (χ2v) is 7.59. The molecule has 3 aromatic rings. The lowest BCUT2D eigenvalue weighted by Gasteiger charge is -2.11. The van der Waals surface area contributed by atoms with Crippen molar-refractivity contribution >= 4 is 32.3 Å². The van der Waals surface area contributed by atoms with Gasteiger partial charge in [0.15, 0.2) is 0 Å². The van der Waals surface area contributed by atoms with Gasteiger partial charge in [-0.1, -0.05) is 12.1 Å². The minimum absolute atomic E-state index is 0.505. The predicted molar refractivity (Wildman–Crippen MR) is 102 cm³/mol. The molecule has 3 rings (SSSR count). The summed E-state index contributed by atoms with van der Waals surface area (Å²) in [4.78, 5) is 0. The first-order valence-electron chi connectivity index (χ1n) is 7.88. The molecule has 0 spiro atoms. The lowest BCUT2D eigenvalue weighted by Crippen LogP contribution is -2.09. The van der Waals surface area contributed by atoms with Crippen molar-refractivity contribution < 1.29 is 13.2 Å². The van der Waals surface area contributed by atoms with Crippen LogP contribution in [0.1, 0.15) is 6.92 Å². The number of ether oxygens (including phenoxy) is 1. The van der Waals surface area contributed by atoms with E-state index in [-0.39, 0.29) is 0 Å². The standard InChI is InChI=1S/C18H21N3O3S/c1-4-21-16-9-8-14(24-2)11-15(16)17(19)18(21)12-6-5-7-13(10-12)20-25(3,22)23/h5-11,20H,4,19H2,1-3H3. The number of fused-ring (bicyclic) bond motifs is 1. The lowest BCUT2D eigenvalue weighted by molar-refractivity contribution is 0.415. The molecule has 0 saturated carbocycles. The van der Waals surface area contributed by atoms with Crippen LogP contribution in [0.4, 0.5) is 11.4 Å². The number of benzene rings is 2. The molecule has 0 saturated heterocycles. The van der Waals surface area contributed by atoms with E-state index < -0.39 is 10.0 Å². The third-order valence-electron chi connectivity index (χ3n) is 4.07. The van der Waals surface area contributed by atoms with Crippen molar-refractivity contribution in [1.82, 2.24) is 4.57 Å². The van der Waals surface area contributed by atoms with Crippen molar-refractivity contribution in [3.63, 3.8) is 0 Å². The van der Waals surface area contributed by atoms with Crippen LogP contribution in [0, 0.1) is 0 Å². The maximum Gasteiger partial charge on any atom is 0.229 e. The smallest absolute Gasteiger partial charge is 0.229 e. The number of aromatic nitrogens is 1. The number of anilines is 2. The number of nitrogen functional groups attached to an aromatic ring is 1. The topological polar surface area (TPSA) is 86.4 Å². The van der Waals surface area contributed by atoms with Gasteiger partial charge in [-0.15, -0.1) is 0 Å². The van der Waals surface area contributed by atoms with E-state index in [4.69, 9.17) is 10.5 Å². The highest BCUT2D eigenvalue weighted by Crippen LogP contribution is 2.38. The number of sulfonamides is 1. The second-order valence-electron chi connectivity index (χ2n) is 5.84. The van der Waals surface area contributed by atoms with Gasteiger partial charge in [0.05, 0.1) is 30.3 Å². The van der Waals surface area contributed by atoms with Gasteiger partial charge in [-0.3, -0.25) is 4.72 Å². The fraction of sp³-hybridized carbons (Fsp3) is 0.222. The van der Waals surface area contributed by atoms with Crippen molar-refractivity contribution in [2.24, 2.45) is 0 Å². The van der Waals surface area contributed by atoms with Crippen LogP contribution in [0.2, 0.25) is 0 Å². The number of hydrogen-bond acceptors (Lipinski definition) is 4. The number of nitrogens with one attached hydrogen (secondary N) is 1. The van der Waals surface area contributed by atoms with Crippen molar-refractivity contribution in [1.29, 1.82) is 0 Å². The van der Waals surface area contributed by atoms with Crippen molar-refractivity contribution in [2.45, 2.75) is 13.5 Å². The van der Waals surface area contributed by atoms with Crippen LogP contribution in [0.15, 0.2) is 42.5 Å². The van der Waals surface area contributed by atoms with Crippen LogP contribution in [0.5, 0.6) is 5.75 Å². The fourth-order valence-corrected chi connectivity index (χ4v) is 3.63. The Morgan fingerprint density at radius 2 is 1.96 bits per heavy atom. The Hall–Kier alpha value is -2.67. The summed E-state index contributed by atoms with van der Waals surface area (Å²) in [7, 11) is -1.72. The maximum absolute atomic E-state index is 11.5. The zero-order valence-corrected chi connectivity index (χ0v) is 15.2. The van der Waals surface area contributed by atoms with Gasteiger partial charge in [-0.2, -0.15) is 0 Å². The maximum atomic E-state index is 11.5. The highest BCUT2D eigenvalue weighted by Gasteiger charge is 2.17. The molecule has 1 heterocycles. The SMILES string of the molecule is CCn1c(-c2cccc(NS(C)(=O)=O)c2)c(N)c2cc(OC)ccc21. The Bertz CT molecular complexity index is 1040. The Labute approximate surface area is 147 Å². The summed E-state index contributed by atoms with van der Waals surface area (Å²) in [5, 5.41) is 0.915. The molecule has 3 N–H and O–H groups in total. The first-order valence-corrected chi connectivity index (χ1v) is 9.77. The number of nitrogens with zero attached hydrogens (tertiary/aromatic N) is 1. The molecule has 1 aromatic heterocycles. The minimum Gasteiger partial charge on any atom is -0.497 e. The van der Waals surface area contributed by atoms with Crippen LogP contribution in [0.3, 0.4) is 0 Å². The van der Waals surface area contributed by atoms with Gasteiger partial charge >= 0.3 is 0 Å². The number of nitrogens with two attached hydrogens (primary N) is 1. The first-order chi connectivity index (χ1) is 11.8. The molecule has 0 radical (unpaired) electrons. The van der Waals surface area contributed by atoms with Crippen LogP contribution in [-0.2, 0) is 16.6 Å². The summed E-state index contributed by atoms with van der Waals surface area (Å²) < 4.78 is 32.9. The highest BCUT2D eigenvalue weighted by atomic mass is 32.2. The molecule has 0 atom stereocenters. The lowest BCUT2D eigenvalue weighted by atomic mass is 10.1. The summed E-state index contributed by atoms with van der Waals surface area (Å²) in [5.74, 6) is 0.742. The molecular formula is C18H21N3O3S. The molecule has 25 heavy (non-hydrogen) atoms. The minimum atomic E-state index is -3.34. The van der Waals surface area contributed by atoms with Gasteiger partial charge in [-0.25, -0.2) is 8.42 Å². The van der Waals surface area contributed by atoms with E-state index in [1.165, 1.54) is 0 Å². The summed E-state index contributed by atoms with van der Waals surface area (Å²) in [6.07, 6.45) is 1.13. The van der Waals surface area contributed by atoms with Gasteiger partial charge in [0.1, 0.15) is 5.75 Å². The van der Waals surface area contributed by atoms with Crippen molar-refractivity contribution in [3.8, 4) is 17.0 Å². The monoisotopic (exact) mass is 359 g/mol. The van der Waals surface area contributed by atoms with E-state index in [1.54, 1.807) is 25.3 Å². The molecule has 0 aliphatic carbocycles. The molecule has 2 aromatic carbocycles. The molecule has 0 unspecified atom stereocenters. The summed E-state index contributed by atoms with van der Waals surface area (Å²) in [6.45, 7) is 2.78. The molecular weight excluding hydrogens is 338 g/mol. The molecule has 0 bridgehead atoms. The van der Waals surface area contributed by atoms with Crippen LogP contribution < -0.4 is 15.2 Å². The number of methoxy groups -OCH3 is 1. The third-order valence-corrected chi connectivity index (χ3v) is 4.67. The van der Waals surface area contributed by atoms with E-state index in [9.17, 15) is 8.42 Å². The van der Waals surface area contributed by atoms with Crippen molar-refractivity contribution in [2.75, 3.05) is 23.8 Å². The summed E-state index contributed by atoms with van der Waals surface area (Å²) >= 11 is 0. The van der Waals surface area contributed by atoms with Gasteiger partial charge in [0, 0.05) is 23.2 Å². The Kier molecular flexibility index (Phi) is 4.34. The average Bonchev–Trinajstić information content (AvgIpc) is 2.85. The highest BCUT2D eigenvalue weighted by molar-refractivity contribution is 7.92. The van der Waals surface area contributed by atoms with E-state index in [1.807, 2.05) is 31.2 Å². The Morgan fingerprint density at radius 3 is 2.60 bits per heavy atom. The molecule has 0 amide bonds. The normalized spacial score (nSPS) is 11.6. The average molecular weight is 359 g/mol.